The van der Waals surface area contributed by atoms with Gasteiger partial charge in [-0.1, -0.05) is 32.0 Å². The van der Waals surface area contributed by atoms with Crippen LogP contribution in [-0.4, -0.2) is 45.5 Å². The average molecular weight is 318 g/mol. The fourth-order valence-electron chi connectivity index (χ4n) is 2.92. The minimum absolute atomic E-state index is 0.122. The van der Waals surface area contributed by atoms with Crippen molar-refractivity contribution in [3.63, 3.8) is 0 Å². The number of carbonyl (C=O) groups excluding carboxylic acids is 2. The van der Waals surface area contributed by atoms with Crippen molar-refractivity contribution < 1.29 is 14.7 Å². The average Bonchev–Trinajstić information content (AvgIpc) is 3.20. The van der Waals surface area contributed by atoms with Crippen LogP contribution >= 0.6 is 0 Å². The highest BCUT2D eigenvalue weighted by molar-refractivity contribution is 5.97. The number of nitrogens with zero attached hydrogens (tertiary/aromatic N) is 1. The van der Waals surface area contributed by atoms with Crippen molar-refractivity contribution in [1.82, 2.24) is 10.2 Å². The Bertz CT molecular complexity index is 578. The molecule has 5 nitrogen and oxygen atoms in total. The van der Waals surface area contributed by atoms with Gasteiger partial charge in [-0.25, -0.2) is 0 Å². The lowest BCUT2D eigenvalue weighted by molar-refractivity contribution is -0.131. The molecule has 1 aliphatic heterocycles. The Kier molecular flexibility index (Phi) is 4.80. The molecular formula is C18H26N2O3. The van der Waals surface area contributed by atoms with Crippen LogP contribution in [0, 0.1) is 5.92 Å². The Morgan fingerprint density at radius 1 is 1.13 bits per heavy atom. The summed E-state index contributed by atoms with van der Waals surface area (Å²) in [6, 6.07) is 8.36. The zero-order chi connectivity index (χ0) is 17.4. The number of amides is 2. The van der Waals surface area contributed by atoms with Crippen molar-refractivity contribution in [2.75, 3.05) is 0 Å². The van der Waals surface area contributed by atoms with E-state index in [1.165, 1.54) is 0 Å². The summed E-state index contributed by atoms with van der Waals surface area (Å²) in [5.41, 5.74) is 0.151. The van der Waals surface area contributed by atoms with Crippen LogP contribution in [0.15, 0.2) is 30.3 Å². The molecule has 1 aromatic carbocycles. The highest BCUT2D eigenvalue weighted by atomic mass is 16.3. The summed E-state index contributed by atoms with van der Waals surface area (Å²) in [4.78, 5) is 26.5. The number of benzene rings is 1. The lowest BCUT2D eigenvalue weighted by Crippen LogP contribution is -2.48. The topological polar surface area (TPSA) is 69.4 Å². The van der Waals surface area contributed by atoms with Gasteiger partial charge in [-0.2, -0.15) is 0 Å². The van der Waals surface area contributed by atoms with Crippen LogP contribution in [-0.2, 0) is 4.79 Å². The molecule has 0 spiro atoms. The summed E-state index contributed by atoms with van der Waals surface area (Å²) in [5.74, 6) is -0.404. The van der Waals surface area contributed by atoms with E-state index >= 15 is 0 Å². The van der Waals surface area contributed by atoms with E-state index in [-0.39, 0.29) is 17.9 Å². The van der Waals surface area contributed by atoms with Crippen LogP contribution in [0.1, 0.15) is 45.0 Å². The molecule has 1 saturated heterocycles. The quantitative estimate of drug-likeness (QED) is 0.832. The second-order valence-electron chi connectivity index (χ2n) is 7.49. The fourth-order valence-corrected chi connectivity index (χ4v) is 2.92. The minimum Gasteiger partial charge on any atom is -0.381 e. The van der Waals surface area contributed by atoms with Gasteiger partial charge >= 0.3 is 0 Å². The lowest BCUT2D eigenvalue weighted by Gasteiger charge is -2.22. The van der Waals surface area contributed by atoms with Gasteiger partial charge in [0.2, 0.25) is 0 Å². The van der Waals surface area contributed by atoms with Gasteiger partial charge in [-0.3, -0.25) is 9.59 Å². The molecule has 23 heavy (non-hydrogen) atoms. The first-order valence-corrected chi connectivity index (χ1v) is 8.01. The van der Waals surface area contributed by atoms with Gasteiger partial charge < -0.3 is 15.3 Å². The van der Waals surface area contributed by atoms with Gasteiger partial charge in [0, 0.05) is 11.1 Å². The first-order chi connectivity index (χ1) is 10.6. The maximum atomic E-state index is 12.6. The third kappa shape index (κ3) is 3.91. The second kappa shape index (κ2) is 6.32. The molecule has 1 aliphatic rings. The van der Waals surface area contributed by atoms with E-state index in [0.29, 0.717) is 5.56 Å². The molecule has 1 aromatic rings. The zero-order valence-corrected chi connectivity index (χ0v) is 14.4. The molecule has 0 saturated carbocycles. The van der Waals surface area contributed by atoms with E-state index in [4.69, 9.17) is 0 Å². The molecule has 0 radical (unpaired) electrons. The summed E-state index contributed by atoms with van der Waals surface area (Å²) < 4.78 is 0. The number of hydrogen-bond donors (Lipinski definition) is 2. The number of hydrogen-bond acceptors (Lipinski definition) is 3. The standard InChI is InChI=1S/C18H26N2O3/c1-11(2)13-14(15(21)16(22)19-18(3,4)5)20(13)17(23)12-9-7-6-8-10-12/h6-11,13-15,21H,1-5H3,(H,19,22)/t13-,14+,15-,20?/m0/s1. The summed E-state index contributed by atoms with van der Waals surface area (Å²) in [5, 5.41) is 13.2. The summed E-state index contributed by atoms with van der Waals surface area (Å²) in [6.07, 6.45) is -1.21. The zero-order valence-electron chi connectivity index (χ0n) is 14.4. The van der Waals surface area contributed by atoms with Crippen molar-refractivity contribution in [2.24, 2.45) is 5.92 Å². The highest BCUT2D eigenvalue weighted by Crippen LogP contribution is 2.38. The van der Waals surface area contributed by atoms with Crippen LogP contribution in [0.2, 0.25) is 0 Å². The SMILES string of the molecule is CC(C)[C@H]1[C@H]([C@H](O)C(=O)NC(C)(C)C)N1C(=O)c1ccccc1. The molecule has 2 rings (SSSR count). The molecule has 0 aliphatic carbocycles. The van der Waals surface area contributed by atoms with Crippen molar-refractivity contribution in [2.45, 2.75) is 58.3 Å². The first kappa shape index (κ1) is 17.5. The number of nitrogens with one attached hydrogen (secondary N) is 1. The fraction of sp³-hybridized carbons (Fsp3) is 0.556. The maximum absolute atomic E-state index is 12.6. The van der Waals surface area contributed by atoms with Crippen LogP contribution in [0.5, 0.6) is 0 Å². The third-order valence-electron chi connectivity index (χ3n) is 3.93. The predicted octanol–water partition coefficient (Wildman–Crippen LogP) is 1.81. The van der Waals surface area contributed by atoms with Gasteiger partial charge in [-0.05, 0) is 38.8 Å². The second-order valence-corrected chi connectivity index (χ2v) is 7.49. The van der Waals surface area contributed by atoms with Crippen molar-refractivity contribution >= 4 is 11.8 Å². The Morgan fingerprint density at radius 2 is 1.70 bits per heavy atom. The van der Waals surface area contributed by atoms with E-state index in [1.807, 2.05) is 40.7 Å². The summed E-state index contributed by atoms with van der Waals surface area (Å²) in [7, 11) is 0. The summed E-state index contributed by atoms with van der Waals surface area (Å²) >= 11 is 0. The van der Waals surface area contributed by atoms with Crippen molar-refractivity contribution in [1.29, 1.82) is 0 Å². The van der Waals surface area contributed by atoms with Crippen molar-refractivity contribution in [3.05, 3.63) is 35.9 Å². The molecule has 126 valence electrons. The monoisotopic (exact) mass is 318 g/mol. The number of rotatable bonds is 4. The molecule has 0 bridgehead atoms. The largest absolute Gasteiger partial charge is 0.381 e. The Hall–Kier alpha value is -1.88. The number of aliphatic hydroxyl groups is 1. The van der Waals surface area contributed by atoms with Gasteiger partial charge in [0.15, 0.2) is 6.10 Å². The molecule has 0 aromatic heterocycles. The van der Waals surface area contributed by atoms with E-state index < -0.39 is 23.6 Å². The first-order valence-electron chi connectivity index (χ1n) is 8.01. The van der Waals surface area contributed by atoms with E-state index in [9.17, 15) is 14.7 Å². The van der Waals surface area contributed by atoms with Crippen LogP contribution in [0.3, 0.4) is 0 Å². The normalized spacial score (nSPS) is 22.0. The van der Waals surface area contributed by atoms with Gasteiger partial charge in [0.1, 0.15) is 0 Å². The minimum atomic E-state index is -1.21. The van der Waals surface area contributed by atoms with Crippen LogP contribution in [0.25, 0.3) is 0 Å². The van der Waals surface area contributed by atoms with Crippen LogP contribution in [0.4, 0.5) is 0 Å². The molecule has 2 amide bonds. The molecule has 3 atom stereocenters. The molecule has 0 unspecified atom stereocenters. The Balaban J connectivity index is 2.15. The summed E-state index contributed by atoms with van der Waals surface area (Å²) in [6.45, 7) is 9.56. The van der Waals surface area contributed by atoms with Gasteiger partial charge in [0.25, 0.3) is 11.8 Å². The lowest BCUT2D eigenvalue weighted by atomic mass is 10.0. The smallest absolute Gasteiger partial charge is 0.254 e. The van der Waals surface area contributed by atoms with E-state index in [1.54, 1.807) is 29.2 Å². The predicted molar refractivity (Wildman–Crippen MR) is 88.9 cm³/mol. The number of aliphatic hydroxyl groups excluding tert-OH is 1. The molecule has 1 heterocycles. The Morgan fingerprint density at radius 3 is 2.17 bits per heavy atom. The van der Waals surface area contributed by atoms with E-state index in [0.717, 1.165) is 0 Å². The van der Waals surface area contributed by atoms with Crippen LogP contribution < -0.4 is 5.32 Å². The highest BCUT2D eigenvalue weighted by Gasteiger charge is 2.57. The van der Waals surface area contributed by atoms with Gasteiger partial charge in [0.05, 0.1) is 12.1 Å². The molecule has 1 fully saturated rings. The third-order valence-corrected chi connectivity index (χ3v) is 3.93. The molecular weight excluding hydrogens is 292 g/mol. The Labute approximate surface area is 137 Å². The maximum Gasteiger partial charge on any atom is 0.254 e. The number of carbonyl (C=O) groups is 2. The molecule has 2 N–H and O–H groups in total. The van der Waals surface area contributed by atoms with Crippen molar-refractivity contribution in [3.8, 4) is 0 Å². The molecule has 5 heteroatoms. The van der Waals surface area contributed by atoms with E-state index in [2.05, 4.69) is 5.32 Å². The van der Waals surface area contributed by atoms with Gasteiger partial charge in [-0.15, -0.1) is 0 Å².